The van der Waals surface area contributed by atoms with Crippen molar-refractivity contribution in [3.63, 3.8) is 0 Å². The summed E-state index contributed by atoms with van der Waals surface area (Å²) in [5.74, 6) is -0.937. The van der Waals surface area contributed by atoms with Gasteiger partial charge in [-0.05, 0) is 36.5 Å². The molecule has 6 nitrogen and oxygen atoms in total. The minimum absolute atomic E-state index is 0.0371. The molecule has 1 aliphatic heterocycles. The first-order valence-electron chi connectivity index (χ1n) is 6.78. The Morgan fingerprint density at radius 3 is 2.77 bits per heavy atom. The predicted octanol–water partition coefficient (Wildman–Crippen LogP) is 1.78. The van der Waals surface area contributed by atoms with Crippen molar-refractivity contribution in [2.75, 3.05) is 11.5 Å². The molecule has 2 heterocycles. The van der Waals surface area contributed by atoms with E-state index in [1.807, 2.05) is 0 Å². The Morgan fingerprint density at radius 2 is 2.09 bits per heavy atom. The van der Waals surface area contributed by atoms with Gasteiger partial charge in [-0.15, -0.1) is 0 Å². The molecular weight excluding hydrogens is 309 g/mol. The standard InChI is InChI=1S/C14H14FN3O3S/c15-8-5-9(11-10(6-8)16-7-17-11)12(19)18-14(13(20)21)1-3-22-4-2-14/h5-7H,1-4H2,(H,16,17)(H,18,19)(H,20,21). The van der Waals surface area contributed by atoms with Crippen LogP contribution in [0.2, 0.25) is 0 Å². The number of imidazole rings is 1. The molecule has 1 fully saturated rings. The molecule has 1 aromatic heterocycles. The summed E-state index contributed by atoms with van der Waals surface area (Å²) >= 11 is 1.65. The van der Waals surface area contributed by atoms with Crippen molar-refractivity contribution < 1.29 is 19.1 Å². The number of carboxylic acids is 1. The van der Waals surface area contributed by atoms with Crippen molar-refractivity contribution in [1.29, 1.82) is 0 Å². The summed E-state index contributed by atoms with van der Waals surface area (Å²) in [5, 5.41) is 12.1. The number of aromatic amines is 1. The summed E-state index contributed by atoms with van der Waals surface area (Å²) in [6, 6.07) is 2.31. The summed E-state index contributed by atoms with van der Waals surface area (Å²) in [4.78, 5) is 30.8. The zero-order valence-corrected chi connectivity index (χ0v) is 12.4. The van der Waals surface area contributed by atoms with Crippen LogP contribution >= 0.6 is 11.8 Å². The maximum absolute atomic E-state index is 13.6. The number of hydrogen-bond donors (Lipinski definition) is 3. The molecule has 8 heteroatoms. The Kier molecular flexibility index (Phi) is 3.78. The third-order valence-electron chi connectivity index (χ3n) is 3.84. The lowest BCUT2D eigenvalue weighted by molar-refractivity contribution is -0.144. The Hall–Kier alpha value is -2.09. The van der Waals surface area contributed by atoms with Crippen LogP contribution in [0.25, 0.3) is 11.0 Å². The van der Waals surface area contributed by atoms with E-state index in [-0.39, 0.29) is 5.56 Å². The number of thioether (sulfide) groups is 1. The van der Waals surface area contributed by atoms with Crippen molar-refractivity contribution >= 4 is 34.7 Å². The van der Waals surface area contributed by atoms with E-state index in [1.165, 1.54) is 12.4 Å². The van der Waals surface area contributed by atoms with Crippen LogP contribution in [-0.4, -0.2) is 44.0 Å². The van der Waals surface area contributed by atoms with Gasteiger partial charge in [0.05, 0.1) is 17.4 Å². The van der Waals surface area contributed by atoms with Crippen LogP contribution in [0.5, 0.6) is 0 Å². The van der Waals surface area contributed by atoms with Gasteiger partial charge in [-0.25, -0.2) is 14.2 Å². The number of rotatable bonds is 3. The number of aromatic nitrogens is 2. The predicted molar refractivity (Wildman–Crippen MR) is 80.4 cm³/mol. The molecule has 0 saturated carbocycles. The first-order valence-corrected chi connectivity index (χ1v) is 7.94. The number of carbonyl (C=O) groups excluding carboxylic acids is 1. The zero-order chi connectivity index (χ0) is 15.7. The van der Waals surface area contributed by atoms with E-state index in [0.717, 1.165) is 6.07 Å². The van der Waals surface area contributed by atoms with E-state index in [0.29, 0.717) is 35.4 Å². The number of benzene rings is 1. The molecule has 0 aliphatic carbocycles. The number of carbonyl (C=O) groups is 2. The van der Waals surface area contributed by atoms with Crippen molar-refractivity contribution in [2.45, 2.75) is 18.4 Å². The minimum atomic E-state index is -1.29. The highest BCUT2D eigenvalue weighted by Gasteiger charge is 2.41. The molecule has 1 amide bonds. The minimum Gasteiger partial charge on any atom is -0.480 e. The van der Waals surface area contributed by atoms with Crippen LogP contribution in [0.3, 0.4) is 0 Å². The third kappa shape index (κ3) is 2.54. The maximum atomic E-state index is 13.6. The van der Waals surface area contributed by atoms with Gasteiger partial charge < -0.3 is 15.4 Å². The second kappa shape index (κ2) is 5.60. The van der Waals surface area contributed by atoms with Crippen LogP contribution in [0, 0.1) is 5.82 Å². The number of nitrogens with one attached hydrogen (secondary N) is 2. The molecule has 2 aromatic rings. The lowest BCUT2D eigenvalue weighted by atomic mass is 9.91. The smallest absolute Gasteiger partial charge is 0.329 e. The fraction of sp³-hybridized carbons (Fsp3) is 0.357. The van der Waals surface area contributed by atoms with Crippen LogP contribution in [0.4, 0.5) is 4.39 Å². The number of carboxylic acid groups (broad SMARTS) is 1. The van der Waals surface area contributed by atoms with Gasteiger partial charge in [0.2, 0.25) is 0 Å². The van der Waals surface area contributed by atoms with Gasteiger partial charge in [0.25, 0.3) is 5.91 Å². The summed E-state index contributed by atoms with van der Waals surface area (Å²) in [7, 11) is 0. The lowest BCUT2D eigenvalue weighted by Gasteiger charge is -2.33. The van der Waals surface area contributed by atoms with Gasteiger partial charge in [-0.1, -0.05) is 0 Å². The number of aliphatic carboxylic acids is 1. The number of amides is 1. The molecule has 3 rings (SSSR count). The van der Waals surface area contributed by atoms with E-state index in [2.05, 4.69) is 15.3 Å². The van der Waals surface area contributed by atoms with Gasteiger partial charge in [0.1, 0.15) is 16.9 Å². The fourth-order valence-electron chi connectivity index (χ4n) is 2.58. The third-order valence-corrected chi connectivity index (χ3v) is 4.83. The van der Waals surface area contributed by atoms with Crippen molar-refractivity contribution in [3.8, 4) is 0 Å². The van der Waals surface area contributed by atoms with Gasteiger partial charge >= 0.3 is 5.97 Å². The topological polar surface area (TPSA) is 95.1 Å². The van der Waals surface area contributed by atoms with Gasteiger partial charge in [-0.2, -0.15) is 11.8 Å². The second-order valence-electron chi connectivity index (χ2n) is 5.21. The zero-order valence-electron chi connectivity index (χ0n) is 11.6. The molecule has 0 bridgehead atoms. The molecule has 22 heavy (non-hydrogen) atoms. The number of fused-ring (bicyclic) bond motifs is 1. The monoisotopic (exact) mass is 323 g/mol. The van der Waals surface area contributed by atoms with E-state index in [1.54, 1.807) is 11.8 Å². The van der Waals surface area contributed by atoms with Gasteiger partial charge in [0.15, 0.2) is 0 Å². The highest BCUT2D eigenvalue weighted by atomic mass is 32.2. The second-order valence-corrected chi connectivity index (χ2v) is 6.43. The summed E-state index contributed by atoms with van der Waals surface area (Å²) in [5.41, 5.74) is -0.537. The van der Waals surface area contributed by atoms with E-state index < -0.39 is 23.2 Å². The Bertz CT molecular complexity index is 740. The highest BCUT2D eigenvalue weighted by Crippen LogP contribution is 2.28. The average molecular weight is 323 g/mol. The van der Waals surface area contributed by atoms with Crippen molar-refractivity contribution in [2.24, 2.45) is 0 Å². The molecule has 0 radical (unpaired) electrons. The van der Waals surface area contributed by atoms with E-state index >= 15 is 0 Å². The quantitative estimate of drug-likeness (QED) is 0.800. The molecule has 1 saturated heterocycles. The first-order chi connectivity index (χ1) is 10.5. The van der Waals surface area contributed by atoms with Crippen LogP contribution < -0.4 is 5.32 Å². The number of nitrogens with zero attached hydrogens (tertiary/aromatic N) is 1. The van der Waals surface area contributed by atoms with Crippen LogP contribution in [0.1, 0.15) is 23.2 Å². The first kappa shape index (κ1) is 14.8. The number of halogens is 1. The number of H-pyrrole nitrogens is 1. The maximum Gasteiger partial charge on any atom is 0.329 e. The van der Waals surface area contributed by atoms with Gasteiger partial charge in [0, 0.05) is 0 Å². The lowest BCUT2D eigenvalue weighted by Crippen LogP contribution is -2.56. The highest BCUT2D eigenvalue weighted by molar-refractivity contribution is 7.99. The summed E-state index contributed by atoms with van der Waals surface area (Å²) in [6.07, 6.45) is 2.06. The van der Waals surface area contributed by atoms with Gasteiger partial charge in [-0.3, -0.25) is 4.79 Å². The Balaban J connectivity index is 1.95. The molecular formula is C14H14FN3O3S. The van der Waals surface area contributed by atoms with Crippen LogP contribution in [0.15, 0.2) is 18.5 Å². The molecule has 1 aromatic carbocycles. The van der Waals surface area contributed by atoms with Crippen molar-refractivity contribution in [1.82, 2.24) is 15.3 Å². The number of hydrogen-bond acceptors (Lipinski definition) is 4. The van der Waals surface area contributed by atoms with Crippen molar-refractivity contribution in [3.05, 3.63) is 29.8 Å². The SMILES string of the molecule is O=C(NC1(C(=O)O)CCSCC1)c1cc(F)cc2[nH]cnc12. The van der Waals surface area contributed by atoms with Crippen LogP contribution in [-0.2, 0) is 4.79 Å². The average Bonchev–Trinajstić information content (AvgIpc) is 2.95. The van der Waals surface area contributed by atoms with E-state index in [9.17, 15) is 19.1 Å². The summed E-state index contributed by atoms with van der Waals surface area (Å²) in [6.45, 7) is 0. The molecule has 0 atom stereocenters. The molecule has 0 spiro atoms. The van der Waals surface area contributed by atoms with E-state index in [4.69, 9.17) is 0 Å². The summed E-state index contributed by atoms with van der Waals surface area (Å²) < 4.78 is 13.6. The Morgan fingerprint density at radius 1 is 1.36 bits per heavy atom. The normalized spacial score (nSPS) is 17.3. The molecule has 1 aliphatic rings. The Labute approximate surface area is 129 Å². The molecule has 0 unspecified atom stereocenters. The molecule has 3 N–H and O–H groups in total. The fourth-order valence-corrected chi connectivity index (χ4v) is 3.77. The molecule has 116 valence electrons. The largest absolute Gasteiger partial charge is 0.480 e.